The van der Waals surface area contributed by atoms with Crippen molar-refractivity contribution in [2.24, 2.45) is 10.9 Å². The molecular formula is C18H39IN4S. The third-order valence-electron chi connectivity index (χ3n) is 4.58. The minimum atomic E-state index is 0. The molecule has 0 bridgehead atoms. The van der Waals surface area contributed by atoms with Crippen LogP contribution in [-0.4, -0.2) is 61.1 Å². The summed E-state index contributed by atoms with van der Waals surface area (Å²) in [4.78, 5) is 7.34. The van der Waals surface area contributed by atoms with Crippen molar-refractivity contribution >= 4 is 41.7 Å². The van der Waals surface area contributed by atoms with E-state index in [-0.39, 0.29) is 28.7 Å². The average molecular weight is 471 g/mol. The maximum absolute atomic E-state index is 4.71. The highest BCUT2D eigenvalue weighted by atomic mass is 127. The molecular weight excluding hydrogens is 431 g/mol. The Morgan fingerprint density at radius 3 is 2.46 bits per heavy atom. The van der Waals surface area contributed by atoms with E-state index in [1.54, 1.807) is 0 Å². The molecule has 0 atom stereocenters. The molecule has 0 aliphatic carbocycles. The Labute approximate surface area is 171 Å². The number of nitrogens with one attached hydrogen (secondary N) is 2. The van der Waals surface area contributed by atoms with Crippen LogP contribution in [0.1, 0.15) is 53.4 Å². The Bertz CT molecular complexity index is 342. The quantitative estimate of drug-likeness (QED) is 0.233. The fourth-order valence-electron chi connectivity index (χ4n) is 2.63. The van der Waals surface area contributed by atoms with Gasteiger partial charge >= 0.3 is 0 Å². The first kappa shape index (κ1) is 24.3. The molecule has 1 rings (SSSR count). The number of unbranched alkanes of at least 4 members (excludes halogenated alkanes) is 1. The van der Waals surface area contributed by atoms with Crippen LogP contribution in [0.25, 0.3) is 0 Å². The first-order valence-corrected chi connectivity index (χ1v) is 10.5. The minimum Gasteiger partial charge on any atom is -0.357 e. The van der Waals surface area contributed by atoms with Gasteiger partial charge in [0.1, 0.15) is 0 Å². The van der Waals surface area contributed by atoms with Gasteiger partial charge in [-0.05, 0) is 78.3 Å². The second kappa shape index (κ2) is 13.5. The molecule has 1 fully saturated rings. The predicted molar refractivity (Wildman–Crippen MR) is 121 cm³/mol. The molecule has 0 aromatic rings. The standard InChI is InChI=1S/C18H38N4S.HI/c1-6-19-17(21-15-18(3,4)23-5)20-11-7-8-12-22-13-9-16(2)10-14-22;/h16H,6-15H2,1-5H3,(H2,19,20,21);1H. The molecule has 0 saturated carbocycles. The van der Waals surface area contributed by atoms with Gasteiger partial charge in [-0.3, -0.25) is 4.99 Å². The molecule has 0 aromatic carbocycles. The SMILES string of the molecule is CCNC(=NCC(C)(C)SC)NCCCCN1CCC(C)CC1.I. The van der Waals surface area contributed by atoms with Gasteiger partial charge in [-0.15, -0.1) is 24.0 Å². The van der Waals surface area contributed by atoms with E-state index in [0.717, 1.165) is 31.5 Å². The topological polar surface area (TPSA) is 39.7 Å². The smallest absolute Gasteiger partial charge is 0.191 e. The molecule has 1 saturated heterocycles. The lowest BCUT2D eigenvalue weighted by molar-refractivity contribution is 0.189. The van der Waals surface area contributed by atoms with E-state index in [1.807, 2.05) is 11.8 Å². The lowest BCUT2D eigenvalue weighted by Crippen LogP contribution is -2.39. The number of hydrogen-bond acceptors (Lipinski definition) is 3. The Kier molecular flexibility index (Phi) is 13.7. The van der Waals surface area contributed by atoms with Gasteiger partial charge in [-0.2, -0.15) is 11.8 Å². The average Bonchev–Trinajstić information content (AvgIpc) is 2.54. The highest BCUT2D eigenvalue weighted by Gasteiger charge is 2.16. The van der Waals surface area contributed by atoms with Gasteiger partial charge in [0, 0.05) is 17.8 Å². The largest absolute Gasteiger partial charge is 0.357 e. The van der Waals surface area contributed by atoms with E-state index >= 15 is 0 Å². The second-order valence-electron chi connectivity index (χ2n) is 7.32. The zero-order chi connectivity index (χ0) is 17.1. The lowest BCUT2D eigenvalue weighted by Gasteiger charge is -2.30. The molecule has 144 valence electrons. The van der Waals surface area contributed by atoms with E-state index in [1.165, 1.54) is 45.3 Å². The van der Waals surface area contributed by atoms with Crippen LogP contribution in [-0.2, 0) is 0 Å². The van der Waals surface area contributed by atoms with Crippen molar-refractivity contribution in [3.05, 3.63) is 0 Å². The molecule has 0 unspecified atom stereocenters. The summed E-state index contributed by atoms with van der Waals surface area (Å²) in [6, 6.07) is 0. The van der Waals surface area contributed by atoms with Crippen molar-refractivity contribution in [3.8, 4) is 0 Å². The number of halogens is 1. The third-order valence-corrected chi connectivity index (χ3v) is 5.82. The lowest BCUT2D eigenvalue weighted by atomic mass is 9.99. The second-order valence-corrected chi connectivity index (χ2v) is 8.83. The van der Waals surface area contributed by atoms with Crippen LogP contribution in [0.2, 0.25) is 0 Å². The van der Waals surface area contributed by atoms with Gasteiger partial charge < -0.3 is 15.5 Å². The molecule has 0 aromatic heterocycles. The molecule has 4 nitrogen and oxygen atoms in total. The number of hydrogen-bond donors (Lipinski definition) is 2. The molecule has 0 radical (unpaired) electrons. The fraction of sp³-hybridized carbons (Fsp3) is 0.944. The molecule has 2 N–H and O–H groups in total. The Morgan fingerprint density at radius 1 is 1.21 bits per heavy atom. The van der Waals surface area contributed by atoms with Gasteiger partial charge in [-0.1, -0.05) is 6.92 Å². The summed E-state index contributed by atoms with van der Waals surface area (Å²) in [6.45, 7) is 15.6. The zero-order valence-corrected chi connectivity index (χ0v) is 19.5. The first-order valence-electron chi connectivity index (χ1n) is 9.26. The minimum absolute atomic E-state index is 0. The van der Waals surface area contributed by atoms with E-state index in [0.29, 0.717) is 0 Å². The Morgan fingerprint density at radius 2 is 1.88 bits per heavy atom. The van der Waals surface area contributed by atoms with Crippen LogP contribution in [0, 0.1) is 5.92 Å². The van der Waals surface area contributed by atoms with Gasteiger partial charge in [0.05, 0.1) is 6.54 Å². The maximum atomic E-state index is 4.71. The van der Waals surface area contributed by atoms with Gasteiger partial charge in [0.2, 0.25) is 0 Å². The normalized spacial score (nSPS) is 17.5. The van der Waals surface area contributed by atoms with E-state index in [9.17, 15) is 0 Å². The van der Waals surface area contributed by atoms with Crippen LogP contribution in [0.5, 0.6) is 0 Å². The number of rotatable bonds is 9. The zero-order valence-electron chi connectivity index (χ0n) is 16.4. The first-order chi connectivity index (χ1) is 11.0. The number of aliphatic imine (C=N–C) groups is 1. The van der Waals surface area contributed by atoms with Gasteiger partial charge in [0.15, 0.2) is 5.96 Å². The van der Waals surface area contributed by atoms with Crippen LogP contribution >= 0.6 is 35.7 Å². The monoisotopic (exact) mass is 470 g/mol. The van der Waals surface area contributed by atoms with Crippen molar-refractivity contribution in [2.75, 3.05) is 45.5 Å². The number of likely N-dealkylation sites (tertiary alicyclic amines) is 1. The van der Waals surface area contributed by atoms with Gasteiger partial charge in [0.25, 0.3) is 0 Å². The highest BCUT2D eigenvalue weighted by molar-refractivity contribution is 14.0. The molecule has 1 heterocycles. The van der Waals surface area contributed by atoms with E-state index in [2.05, 4.69) is 49.5 Å². The van der Waals surface area contributed by atoms with Crippen LogP contribution in [0.15, 0.2) is 4.99 Å². The Hall–Kier alpha value is 0.310. The molecule has 6 heteroatoms. The molecule has 0 amide bonds. The summed E-state index contributed by atoms with van der Waals surface area (Å²) in [5, 5.41) is 6.82. The summed E-state index contributed by atoms with van der Waals surface area (Å²) in [5.74, 6) is 1.89. The number of thioether (sulfide) groups is 1. The van der Waals surface area contributed by atoms with Crippen molar-refractivity contribution in [2.45, 2.75) is 58.1 Å². The highest BCUT2D eigenvalue weighted by Crippen LogP contribution is 2.21. The number of piperidine rings is 1. The molecule has 1 aliphatic heterocycles. The van der Waals surface area contributed by atoms with Crippen molar-refractivity contribution in [1.82, 2.24) is 15.5 Å². The maximum Gasteiger partial charge on any atom is 0.191 e. The summed E-state index contributed by atoms with van der Waals surface area (Å²) in [7, 11) is 0. The van der Waals surface area contributed by atoms with E-state index in [4.69, 9.17) is 4.99 Å². The van der Waals surface area contributed by atoms with Crippen LogP contribution < -0.4 is 10.6 Å². The predicted octanol–water partition coefficient (Wildman–Crippen LogP) is 3.81. The number of guanidine groups is 1. The van der Waals surface area contributed by atoms with Gasteiger partial charge in [-0.25, -0.2) is 0 Å². The summed E-state index contributed by atoms with van der Waals surface area (Å²) in [6.07, 6.45) is 7.39. The number of nitrogens with zero attached hydrogens (tertiary/aromatic N) is 2. The van der Waals surface area contributed by atoms with Crippen molar-refractivity contribution in [1.29, 1.82) is 0 Å². The Balaban J connectivity index is 0.00000529. The summed E-state index contributed by atoms with van der Waals surface area (Å²) < 4.78 is 0.202. The summed E-state index contributed by atoms with van der Waals surface area (Å²) >= 11 is 1.87. The van der Waals surface area contributed by atoms with E-state index < -0.39 is 0 Å². The molecule has 1 aliphatic rings. The van der Waals surface area contributed by atoms with Crippen molar-refractivity contribution < 1.29 is 0 Å². The van der Waals surface area contributed by atoms with Crippen LogP contribution in [0.3, 0.4) is 0 Å². The third kappa shape index (κ3) is 11.0. The summed E-state index contributed by atoms with van der Waals surface area (Å²) in [5.41, 5.74) is 0. The molecule has 24 heavy (non-hydrogen) atoms. The van der Waals surface area contributed by atoms with Crippen molar-refractivity contribution in [3.63, 3.8) is 0 Å². The van der Waals surface area contributed by atoms with Crippen LogP contribution in [0.4, 0.5) is 0 Å². The fourth-order valence-corrected chi connectivity index (χ4v) is 2.82. The molecule has 0 spiro atoms.